The van der Waals surface area contributed by atoms with Crippen molar-refractivity contribution in [2.45, 2.75) is 18.6 Å². The number of aliphatic hydroxyl groups is 1. The van der Waals surface area contributed by atoms with Gasteiger partial charge in [0.2, 0.25) is 6.79 Å². The minimum Gasteiger partial charge on any atom is -0.454 e. The monoisotopic (exact) mass is 427 g/mol. The van der Waals surface area contributed by atoms with Crippen molar-refractivity contribution in [3.63, 3.8) is 0 Å². The van der Waals surface area contributed by atoms with Crippen molar-refractivity contribution in [1.82, 2.24) is 0 Å². The van der Waals surface area contributed by atoms with Crippen molar-refractivity contribution >= 4 is 23.5 Å². The Morgan fingerprint density at radius 3 is 2.59 bits per heavy atom. The fourth-order valence-electron chi connectivity index (χ4n) is 4.12. The predicted molar refractivity (Wildman–Crippen MR) is 119 cm³/mol. The first-order chi connectivity index (χ1) is 15.5. The van der Waals surface area contributed by atoms with E-state index in [0.717, 1.165) is 11.1 Å². The highest BCUT2D eigenvalue weighted by atomic mass is 16.7. The molecule has 3 aromatic rings. The fraction of sp³-hybridized carbons (Fsp3) is 0.154. The molecule has 1 atom stereocenters. The smallest absolute Gasteiger partial charge is 0.264 e. The van der Waals surface area contributed by atoms with E-state index in [9.17, 15) is 14.7 Å². The molecule has 0 radical (unpaired) electrons. The molecule has 1 amide bonds. The number of amides is 1. The number of para-hydroxylation sites is 1. The van der Waals surface area contributed by atoms with Crippen molar-refractivity contribution in [3.05, 3.63) is 95.6 Å². The van der Waals surface area contributed by atoms with E-state index in [-0.39, 0.29) is 19.0 Å². The average Bonchev–Trinajstić information content (AvgIpc) is 3.36. The van der Waals surface area contributed by atoms with E-state index in [0.29, 0.717) is 29.3 Å². The molecule has 6 heteroatoms. The molecular formula is C26H21NO5. The highest BCUT2D eigenvalue weighted by Gasteiger charge is 2.50. The van der Waals surface area contributed by atoms with Gasteiger partial charge < -0.3 is 19.5 Å². The number of anilines is 1. The first-order valence-corrected chi connectivity index (χ1v) is 10.3. The number of fused-ring (bicyclic) bond motifs is 2. The van der Waals surface area contributed by atoms with Gasteiger partial charge in [0.15, 0.2) is 22.9 Å². The minimum absolute atomic E-state index is 0.176. The molecular weight excluding hydrogens is 406 g/mol. The van der Waals surface area contributed by atoms with Crippen molar-refractivity contribution in [3.8, 4) is 11.5 Å². The number of ketones is 1. The summed E-state index contributed by atoms with van der Waals surface area (Å²) in [7, 11) is 0. The Labute approximate surface area is 185 Å². The van der Waals surface area contributed by atoms with Crippen molar-refractivity contribution in [2.24, 2.45) is 0 Å². The Hall–Kier alpha value is -3.90. The number of nitrogens with zero attached hydrogens (tertiary/aromatic N) is 1. The van der Waals surface area contributed by atoms with Gasteiger partial charge in [0.25, 0.3) is 5.91 Å². The standard InChI is InChI=1S/C26H21NO5/c28-20(12-10-18-11-13-23-24(14-18)32-17-31-23)15-26(30)21-8-4-5-9-22(21)27(25(26)29)16-19-6-2-1-3-7-19/h1-14,30H,15-17H2/b12-10-/t26-/m0/s1. The number of rotatable bonds is 6. The molecule has 2 aliphatic heterocycles. The van der Waals surface area contributed by atoms with E-state index >= 15 is 0 Å². The van der Waals surface area contributed by atoms with Crippen molar-refractivity contribution < 1.29 is 24.2 Å². The maximum atomic E-state index is 13.3. The number of carbonyl (C=O) groups is 2. The molecule has 3 aromatic carbocycles. The SMILES string of the molecule is O=C(/C=C\c1ccc2c(c1)OCO2)C[C@@]1(O)C(=O)N(Cc2ccccc2)c2ccccc21. The number of hydrogen-bond donors (Lipinski definition) is 1. The molecule has 0 spiro atoms. The summed E-state index contributed by atoms with van der Waals surface area (Å²) >= 11 is 0. The molecule has 5 rings (SSSR count). The third kappa shape index (κ3) is 3.55. The normalized spacial score (nSPS) is 18.9. The van der Waals surface area contributed by atoms with Crippen LogP contribution in [0.15, 0.2) is 78.9 Å². The first-order valence-electron chi connectivity index (χ1n) is 10.3. The summed E-state index contributed by atoms with van der Waals surface area (Å²) in [4.78, 5) is 27.6. The third-order valence-corrected chi connectivity index (χ3v) is 5.71. The summed E-state index contributed by atoms with van der Waals surface area (Å²) in [5.41, 5.74) is 0.872. The zero-order valence-corrected chi connectivity index (χ0v) is 17.2. The highest BCUT2D eigenvalue weighted by molar-refractivity contribution is 6.10. The summed E-state index contributed by atoms with van der Waals surface area (Å²) < 4.78 is 10.6. The molecule has 0 bridgehead atoms. The van der Waals surface area contributed by atoms with Crippen molar-refractivity contribution in [1.29, 1.82) is 0 Å². The van der Waals surface area contributed by atoms with Crippen LogP contribution in [0.1, 0.15) is 23.1 Å². The molecule has 2 aliphatic rings. The molecule has 1 N–H and O–H groups in total. The van der Waals surface area contributed by atoms with E-state index in [1.807, 2.05) is 42.5 Å². The number of carbonyl (C=O) groups excluding carboxylic acids is 2. The van der Waals surface area contributed by atoms with Gasteiger partial charge in [-0.15, -0.1) is 0 Å². The van der Waals surface area contributed by atoms with Crippen LogP contribution < -0.4 is 14.4 Å². The van der Waals surface area contributed by atoms with Crippen LogP contribution in [-0.2, 0) is 21.7 Å². The summed E-state index contributed by atoms with van der Waals surface area (Å²) in [6.07, 6.45) is 2.68. The number of hydrogen-bond acceptors (Lipinski definition) is 5. The number of benzene rings is 3. The quantitative estimate of drug-likeness (QED) is 0.606. The van der Waals surface area contributed by atoms with Gasteiger partial charge in [0.1, 0.15) is 0 Å². The van der Waals surface area contributed by atoms with Gasteiger partial charge in [0, 0.05) is 5.56 Å². The zero-order chi connectivity index (χ0) is 22.1. The molecule has 6 nitrogen and oxygen atoms in total. The Bertz CT molecular complexity index is 1220. The largest absolute Gasteiger partial charge is 0.454 e. The molecule has 0 saturated carbocycles. The molecule has 0 aromatic heterocycles. The van der Waals surface area contributed by atoms with Crippen LogP contribution in [0, 0.1) is 0 Å². The average molecular weight is 427 g/mol. The van der Waals surface area contributed by atoms with Gasteiger partial charge in [-0.3, -0.25) is 9.59 Å². The van der Waals surface area contributed by atoms with E-state index < -0.39 is 11.5 Å². The molecule has 0 fully saturated rings. The minimum atomic E-state index is -1.90. The molecule has 0 unspecified atom stereocenters. The fourth-order valence-corrected chi connectivity index (χ4v) is 4.12. The summed E-state index contributed by atoms with van der Waals surface area (Å²) in [6, 6.07) is 22.0. The Morgan fingerprint density at radius 2 is 1.75 bits per heavy atom. The van der Waals surface area contributed by atoms with Crippen LogP contribution in [0.3, 0.4) is 0 Å². The maximum absolute atomic E-state index is 13.3. The van der Waals surface area contributed by atoms with E-state index in [2.05, 4.69) is 0 Å². The van der Waals surface area contributed by atoms with Crippen LogP contribution in [0.2, 0.25) is 0 Å². The maximum Gasteiger partial charge on any atom is 0.264 e. The topological polar surface area (TPSA) is 76.1 Å². The second kappa shape index (κ2) is 7.98. The predicted octanol–water partition coefficient (Wildman–Crippen LogP) is 3.82. The van der Waals surface area contributed by atoms with Gasteiger partial charge in [0.05, 0.1) is 18.7 Å². The molecule has 0 saturated heterocycles. The van der Waals surface area contributed by atoms with Crippen LogP contribution in [0.4, 0.5) is 5.69 Å². The molecule has 2 heterocycles. The first kappa shape index (κ1) is 20.0. The second-order valence-corrected chi connectivity index (χ2v) is 7.84. The van der Waals surface area contributed by atoms with E-state index in [1.54, 1.807) is 41.3 Å². The molecule has 0 aliphatic carbocycles. The Balaban J connectivity index is 1.37. The van der Waals surface area contributed by atoms with Gasteiger partial charge in [-0.25, -0.2) is 0 Å². The van der Waals surface area contributed by atoms with E-state index in [1.165, 1.54) is 6.08 Å². The second-order valence-electron chi connectivity index (χ2n) is 7.84. The lowest BCUT2D eigenvalue weighted by molar-refractivity contribution is -0.140. The third-order valence-electron chi connectivity index (χ3n) is 5.71. The lowest BCUT2D eigenvalue weighted by Gasteiger charge is -2.22. The van der Waals surface area contributed by atoms with Crippen molar-refractivity contribution in [2.75, 3.05) is 11.7 Å². The summed E-state index contributed by atoms with van der Waals surface area (Å²) in [6.45, 7) is 0.496. The zero-order valence-electron chi connectivity index (χ0n) is 17.2. The van der Waals surface area contributed by atoms with Crippen LogP contribution in [0.5, 0.6) is 11.5 Å². The lowest BCUT2D eigenvalue weighted by Crippen LogP contribution is -2.41. The van der Waals surface area contributed by atoms with Gasteiger partial charge in [-0.05, 0) is 35.4 Å². The lowest BCUT2D eigenvalue weighted by atomic mass is 9.89. The number of ether oxygens (including phenoxy) is 2. The van der Waals surface area contributed by atoms with Crippen LogP contribution in [-0.4, -0.2) is 23.6 Å². The van der Waals surface area contributed by atoms with E-state index in [4.69, 9.17) is 9.47 Å². The number of allylic oxidation sites excluding steroid dienone is 1. The van der Waals surface area contributed by atoms with Gasteiger partial charge >= 0.3 is 0 Å². The highest BCUT2D eigenvalue weighted by Crippen LogP contribution is 2.43. The summed E-state index contributed by atoms with van der Waals surface area (Å²) in [5.74, 6) is 0.436. The molecule has 32 heavy (non-hydrogen) atoms. The van der Waals surface area contributed by atoms with Crippen LogP contribution >= 0.6 is 0 Å². The molecule has 160 valence electrons. The Kier molecular flexibility index (Phi) is 4.99. The van der Waals surface area contributed by atoms with Gasteiger partial charge in [-0.1, -0.05) is 60.7 Å². The summed E-state index contributed by atoms with van der Waals surface area (Å²) in [5, 5.41) is 11.4. The van der Waals surface area contributed by atoms with Crippen LogP contribution in [0.25, 0.3) is 6.08 Å². The Morgan fingerprint density at radius 1 is 1.00 bits per heavy atom. The van der Waals surface area contributed by atoms with Gasteiger partial charge in [-0.2, -0.15) is 0 Å².